The Morgan fingerprint density at radius 2 is 1.57 bits per heavy atom. The van der Waals surface area contributed by atoms with E-state index >= 15 is 0 Å². The molecule has 4 fully saturated rings. The van der Waals surface area contributed by atoms with Crippen molar-refractivity contribution in [3.8, 4) is 0 Å². The molecule has 3 heteroatoms. The van der Waals surface area contributed by atoms with Crippen LogP contribution < -0.4 is 0 Å². The van der Waals surface area contributed by atoms with Crippen molar-refractivity contribution in [1.82, 2.24) is 0 Å². The minimum Gasteiger partial charge on any atom is -0.378 e. The van der Waals surface area contributed by atoms with Gasteiger partial charge in [0, 0.05) is 25.6 Å². The number of Topliss-reactive ketones (excluding diaryl/α,β-unsaturated/α-hetero) is 1. The van der Waals surface area contributed by atoms with Crippen LogP contribution in [-0.4, -0.2) is 31.2 Å². The van der Waals surface area contributed by atoms with Gasteiger partial charge in [0.25, 0.3) is 0 Å². The molecule has 0 amide bonds. The second-order valence-corrected chi connectivity index (χ2v) is 10.9. The second-order valence-electron chi connectivity index (χ2n) is 10.9. The van der Waals surface area contributed by atoms with Gasteiger partial charge in [-0.1, -0.05) is 27.7 Å². The highest BCUT2D eigenvalue weighted by molar-refractivity contribution is 5.83. The van der Waals surface area contributed by atoms with Gasteiger partial charge in [-0.2, -0.15) is 0 Å². The molecule has 4 saturated carbocycles. The summed E-state index contributed by atoms with van der Waals surface area (Å²) < 4.78 is 12.4. The van der Waals surface area contributed by atoms with Gasteiger partial charge >= 0.3 is 0 Å². The fraction of sp³-hybridized carbons (Fsp3) is 0.960. The SMILES string of the molecule is CCCO[C@H]1CC[C@@]2(C)[C@@H](CC(=O)[C@H]3[C@H]2CC[C@]2(C)[C@@H](OCCC)CC[C@@H]32)C1. The van der Waals surface area contributed by atoms with Crippen LogP contribution in [0.15, 0.2) is 0 Å². The van der Waals surface area contributed by atoms with Crippen LogP contribution in [0.25, 0.3) is 0 Å². The number of hydrogen-bond acceptors (Lipinski definition) is 3. The van der Waals surface area contributed by atoms with E-state index in [1.54, 1.807) is 0 Å². The molecule has 0 aromatic rings. The molecule has 0 aromatic carbocycles. The van der Waals surface area contributed by atoms with Gasteiger partial charge in [-0.05, 0) is 86.4 Å². The lowest BCUT2D eigenvalue weighted by atomic mass is 9.45. The average Bonchev–Trinajstić information content (AvgIpc) is 3.01. The first-order valence-corrected chi connectivity index (χ1v) is 12.2. The summed E-state index contributed by atoms with van der Waals surface area (Å²) in [5, 5.41) is 0. The van der Waals surface area contributed by atoms with Crippen LogP contribution in [0, 0.1) is 34.5 Å². The van der Waals surface area contributed by atoms with Gasteiger partial charge in [-0.15, -0.1) is 0 Å². The van der Waals surface area contributed by atoms with Crippen molar-refractivity contribution in [1.29, 1.82) is 0 Å². The number of carbonyl (C=O) groups is 1. The van der Waals surface area contributed by atoms with Gasteiger partial charge in [0.15, 0.2) is 0 Å². The molecule has 160 valence electrons. The van der Waals surface area contributed by atoms with E-state index in [4.69, 9.17) is 9.47 Å². The summed E-state index contributed by atoms with van der Waals surface area (Å²) in [6, 6.07) is 0. The van der Waals surface area contributed by atoms with Crippen LogP contribution in [0.5, 0.6) is 0 Å². The van der Waals surface area contributed by atoms with E-state index in [0.717, 1.165) is 45.3 Å². The minimum atomic E-state index is 0.219. The highest BCUT2D eigenvalue weighted by atomic mass is 16.5. The molecule has 3 nitrogen and oxygen atoms in total. The predicted molar refractivity (Wildman–Crippen MR) is 112 cm³/mol. The van der Waals surface area contributed by atoms with Gasteiger partial charge in [0.05, 0.1) is 12.2 Å². The highest BCUT2D eigenvalue weighted by Gasteiger charge is 2.63. The maximum atomic E-state index is 13.5. The van der Waals surface area contributed by atoms with E-state index in [0.29, 0.717) is 47.1 Å². The normalized spacial score (nSPS) is 48.1. The maximum Gasteiger partial charge on any atom is 0.136 e. The Morgan fingerprint density at radius 1 is 0.893 bits per heavy atom. The van der Waals surface area contributed by atoms with Crippen LogP contribution in [0.1, 0.15) is 91.9 Å². The highest BCUT2D eigenvalue weighted by Crippen LogP contribution is 2.65. The summed E-state index contributed by atoms with van der Waals surface area (Å²) >= 11 is 0. The van der Waals surface area contributed by atoms with Gasteiger partial charge in [0.1, 0.15) is 5.78 Å². The summed E-state index contributed by atoms with van der Waals surface area (Å²) in [5.74, 6) is 2.55. The Balaban J connectivity index is 1.52. The maximum absolute atomic E-state index is 13.5. The molecule has 0 aliphatic heterocycles. The molecule has 0 N–H and O–H groups in total. The molecule has 0 unspecified atom stereocenters. The van der Waals surface area contributed by atoms with Crippen LogP contribution in [0.4, 0.5) is 0 Å². The van der Waals surface area contributed by atoms with Crippen molar-refractivity contribution >= 4 is 5.78 Å². The summed E-state index contributed by atoms with van der Waals surface area (Å²) in [6.07, 6.45) is 12.1. The summed E-state index contributed by atoms with van der Waals surface area (Å²) in [5.41, 5.74) is 0.560. The second kappa shape index (κ2) is 8.02. The van der Waals surface area contributed by atoms with Crippen molar-refractivity contribution in [2.24, 2.45) is 34.5 Å². The lowest BCUT2D eigenvalue weighted by molar-refractivity contribution is -0.166. The number of carbonyl (C=O) groups excluding carboxylic acids is 1. The molecular formula is C25H42O3. The fourth-order valence-corrected chi connectivity index (χ4v) is 7.81. The van der Waals surface area contributed by atoms with Crippen LogP contribution in [0.2, 0.25) is 0 Å². The summed E-state index contributed by atoms with van der Waals surface area (Å²) in [6.45, 7) is 11.1. The molecule has 0 saturated heterocycles. The number of rotatable bonds is 6. The standard InChI is InChI=1S/C25H42O3/c1-5-13-27-18-9-11-24(3)17(15-18)16-21(26)23-19-7-8-22(28-14-6-2)25(19,4)12-10-20(23)24/h17-20,22-23H,5-16H2,1-4H3/t17-,18+,19+,20-,22+,23-,24+,25+/m1/s1. The summed E-state index contributed by atoms with van der Waals surface area (Å²) in [7, 11) is 0. The Bertz CT molecular complexity index is 574. The Kier molecular flexibility index (Phi) is 5.97. The van der Waals surface area contributed by atoms with Gasteiger partial charge in [-0.25, -0.2) is 0 Å². The zero-order valence-corrected chi connectivity index (χ0v) is 18.7. The first kappa shape index (κ1) is 20.8. The molecule has 8 atom stereocenters. The molecule has 4 rings (SSSR count). The Morgan fingerprint density at radius 3 is 2.32 bits per heavy atom. The van der Waals surface area contributed by atoms with Crippen molar-refractivity contribution in [3.05, 3.63) is 0 Å². The molecule has 0 aromatic heterocycles. The fourth-order valence-electron chi connectivity index (χ4n) is 7.81. The zero-order valence-electron chi connectivity index (χ0n) is 18.7. The number of ether oxygens (including phenoxy) is 2. The third kappa shape index (κ3) is 3.29. The van der Waals surface area contributed by atoms with Crippen molar-refractivity contribution < 1.29 is 14.3 Å². The van der Waals surface area contributed by atoms with Crippen molar-refractivity contribution in [2.75, 3.05) is 13.2 Å². The van der Waals surface area contributed by atoms with Crippen molar-refractivity contribution in [3.63, 3.8) is 0 Å². The Labute approximate surface area is 172 Å². The molecule has 0 radical (unpaired) electrons. The van der Waals surface area contributed by atoms with Crippen LogP contribution in [0.3, 0.4) is 0 Å². The van der Waals surface area contributed by atoms with Crippen molar-refractivity contribution in [2.45, 2.75) is 104 Å². The van der Waals surface area contributed by atoms with E-state index in [9.17, 15) is 4.79 Å². The zero-order chi connectivity index (χ0) is 19.9. The first-order chi connectivity index (χ1) is 13.4. The molecular weight excluding hydrogens is 348 g/mol. The Hall–Kier alpha value is -0.410. The van der Waals surface area contributed by atoms with Gasteiger partial charge in [-0.3, -0.25) is 4.79 Å². The molecule has 0 spiro atoms. The monoisotopic (exact) mass is 390 g/mol. The lowest BCUT2D eigenvalue weighted by Crippen LogP contribution is -2.57. The lowest BCUT2D eigenvalue weighted by Gasteiger charge is -2.60. The molecule has 0 bridgehead atoms. The smallest absolute Gasteiger partial charge is 0.136 e. The summed E-state index contributed by atoms with van der Waals surface area (Å²) in [4.78, 5) is 13.5. The van der Waals surface area contributed by atoms with E-state index in [-0.39, 0.29) is 5.41 Å². The van der Waals surface area contributed by atoms with E-state index in [2.05, 4.69) is 27.7 Å². The van der Waals surface area contributed by atoms with E-state index in [1.165, 1.54) is 32.1 Å². The molecule has 28 heavy (non-hydrogen) atoms. The van der Waals surface area contributed by atoms with E-state index in [1.807, 2.05) is 0 Å². The molecule has 4 aliphatic rings. The van der Waals surface area contributed by atoms with Crippen LogP contribution in [-0.2, 0) is 14.3 Å². The first-order valence-electron chi connectivity index (χ1n) is 12.2. The van der Waals surface area contributed by atoms with Gasteiger partial charge in [0.2, 0.25) is 0 Å². The molecule has 4 aliphatic carbocycles. The number of hydrogen-bond donors (Lipinski definition) is 0. The number of ketones is 1. The third-order valence-electron chi connectivity index (χ3n) is 9.42. The topological polar surface area (TPSA) is 35.5 Å². The largest absolute Gasteiger partial charge is 0.378 e. The van der Waals surface area contributed by atoms with Gasteiger partial charge < -0.3 is 9.47 Å². The predicted octanol–water partition coefficient (Wildman–Crippen LogP) is 5.80. The third-order valence-corrected chi connectivity index (χ3v) is 9.42. The average molecular weight is 391 g/mol. The van der Waals surface area contributed by atoms with Crippen LogP contribution >= 0.6 is 0 Å². The number of fused-ring (bicyclic) bond motifs is 5. The van der Waals surface area contributed by atoms with E-state index < -0.39 is 0 Å². The quantitative estimate of drug-likeness (QED) is 0.575. The minimum absolute atomic E-state index is 0.219. The molecule has 0 heterocycles.